The third kappa shape index (κ3) is 5.03. The Morgan fingerprint density at radius 1 is 1.18 bits per heavy atom. The number of nitrogen functional groups attached to an aromatic ring is 1. The van der Waals surface area contributed by atoms with Gasteiger partial charge in [0.15, 0.2) is 5.82 Å². The van der Waals surface area contributed by atoms with Gasteiger partial charge >= 0.3 is 0 Å². The summed E-state index contributed by atoms with van der Waals surface area (Å²) in [6.07, 6.45) is 6.11. The van der Waals surface area contributed by atoms with E-state index in [9.17, 15) is 9.59 Å². The van der Waals surface area contributed by atoms with Gasteiger partial charge in [-0.3, -0.25) is 18.8 Å². The van der Waals surface area contributed by atoms with Crippen molar-refractivity contribution in [1.29, 1.82) is 0 Å². The molecule has 4 aromatic heterocycles. The SMILES string of the molecule is CCc1nc2scc(C#Cc3ccn(C)n3)c2c(=O)n1-c1ccccc1.NC(=O)c1c(N)nn2c1NCC=C2. The lowest BCUT2D eigenvalue weighted by Gasteiger charge is -2.11. The molecule has 6 rings (SSSR count). The summed E-state index contributed by atoms with van der Waals surface area (Å²) < 4.78 is 4.88. The van der Waals surface area contributed by atoms with Crippen LogP contribution in [0.25, 0.3) is 22.1 Å². The molecular formula is C27H25N9O2S. The van der Waals surface area contributed by atoms with Crippen LogP contribution in [-0.4, -0.2) is 41.6 Å². The molecule has 39 heavy (non-hydrogen) atoms. The number of primary amides is 1. The summed E-state index contributed by atoms with van der Waals surface area (Å²) in [5.41, 5.74) is 13.0. The topological polar surface area (TPSA) is 152 Å². The molecule has 0 fully saturated rings. The zero-order chi connectivity index (χ0) is 27.5. The summed E-state index contributed by atoms with van der Waals surface area (Å²) in [7, 11) is 1.85. The predicted molar refractivity (Wildman–Crippen MR) is 153 cm³/mol. The van der Waals surface area contributed by atoms with Crippen LogP contribution in [0.5, 0.6) is 0 Å². The number of anilines is 2. The predicted octanol–water partition coefficient (Wildman–Crippen LogP) is 2.60. The maximum absolute atomic E-state index is 13.2. The highest BCUT2D eigenvalue weighted by Crippen LogP contribution is 2.24. The van der Waals surface area contributed by atoms with Crippen molar-refractivity contribution in [3.63, 3.8) is 0 Å². The van der Waals surface area contributed by atoms with Crippen molar-refractivity contribution in [2.75, 3.05) is 17.6 Å². The maximum Gasteiger partial charge on any atom is 0.268 e. The van der Waals surface area contributed by atoms with Gasteiger partial charge in [-0.15, -0.1) is 16.4 Å². The molecule has 0 atom stereocenters. The highest BCUT2D eigenvalue weighted by molar-refractivity contribution is 7.17. The molecule has 1 aromatic carbocycles. The number of fused-ring (bicyclic) bond motifs is 2. The number of aryl methyl sites for hydroxylation is 2. The molecule has 1 aliphatic heterocycles. The van der Waals surface area contributed by atoms with E-state index in [1.54, 1.807) is 15.4 Å². The van der Waals surface area contributed by atoms with Crippen molar-refractivity contribution >= 4 is 45.3 Å². The molecule has 0 bridgehead atoms. The number of nitrogens with zero attached hydrogens (tertiary/aromatic N) is 6. The number of carbonyl (C=O) groups is 1. The van der Waals surface area contributed by atoms with E-state index in [1.165, 1.54) is 16.0 Å². The lowest BCUT2D eigenvalue weighted by Crippen LogP contribution is -2.23. The number of aromatic nitrogens is 6. The molecule has 0 saturated carbocycles. The fraction of sp³-hybridized carbons (Fsp3) is 0.148. The number of amides is 1. The van der Waals surface area contributed by atoms with Crippen molar-refractivity contribution in [3.05, 3.63) is 87.1 Å². The van der Waals surface area contributed by atoms with E-state index in [4.69, 9.17) is 16.5 Å². The Morgan fingerprint density at radius 3 is 2.67 bits per heavy atom. The zero-order valence-corrected chi connectivity index (χ0v) is 22.1. The number of nitrogens with two attached hydrogens (primary N) is 2. The van der Waals surface area contributed by atoms with E-state index in [0.717, 1.165) is 16.3 Å². The van der Waals surface area contributed by atoms with E-state index < -0.39 is 5.91 Å². The third-order valence-corrected chi connectivity index (χ3v) is 6.74. The van der Waals surface area contributed by atoms with Crippen LogP contribution in [0.15, 0.2) is 58.8 Å². The normalized spacial score (nSPS) is 11.6. The van der Waals surface area contributed by atoms with Crippen molar-refractivity contribution in [2.24, 2.45) is 12.8 Å². The van der Waals surface area contributed by atoms with Crippen LogP contribution in [0.2, 0.25) is 0 Å². The van der Waals surface area contributed by atoms with Crippen molar-refractivity contribution in [2.45, 2.75) is 13.3 Å². The molecule has 5 heterocycles. The Labute approximate surface area is 227 Å². The second-order valence-corrected chi connectivity index (χ2v) is 9.35. The van der Waals surface area contributed by atoms with Crippen LogP contribution in [0, 0.1) is 11.8 Å². The average molecular weight is 540 g/mol. The molecule has 5 aromatic rings. The Morgan fingerprint density at radius 2 is 1.97 bits per heavy atom. The van der Waals surface area contributed by atoms with Crippen LogP contribution < -0.4 is 22.3 Å². The van der Waals surface area contributed by atoms with Gasteiger partial charge in [0.2, 0.25) is 0 Å². The Bertz CT molecular complexity index is 1830. The fourth-order valence-corrected chi connectivity index (χ4v) is 4.98. The fourth-order valence-electron chi connectivity index (χ4n) is 4.10. The minimum atomic E-state index is -0.568. The second-order valence-electron chi connectivity index (χ2n) is 8.50. The number of carbonyl (C=O) groups excluding carboxylic acids is 1. The van der Waals surface area contributed by atoms with E-state index in [1.807, 2.05) is 68.0 Å². The molecule has 196 valence electrons. The molecule has 0 aliphatic carbocycles. The maximum atomic E-state index is 13.2. The van der Waals surface area contributed by atoms with Crippen molar-refractivity contribution in [3.8, 4) is 17.5 Å². The first kappa shape index (κ1) is 25.5. The Kier molecular flexibility index (Phi) is 6.98. The lowest BCUT2D eigenvalue weighted by atomic mass is 10.2. The van der Waals surface area contributed by atoms with Gasteiger partial charge in [0, 0.05) is 37.8 Å². The number of para-hydroxylation sites is 1. The van der Waals surface area contributed by atoms with E-state index in [0.29, 0.717) is 35.4 Å². The summed E-state index contributed by atoms with van der Waals surface area (Å²) in [4.78, 5) is 29.7. The van der Waals surface area contributed by atoms with E-state index in [-0.39, 0.29) is 16.9 Å². The molecule has 1 aliphatic rings. The molecule has 1 amide bonds. The zero-order valence-electron chi connectivity index (χ0n) is 21.3. The molecule has 11 nitrogen and oxygen atoms in total. The quantitative estimate of drug-likeness (QED) is 0.298. The number of rotatable bonds is 3. The number of hydrogen-bond acceptors (Lipinski definition) is 8. The van der Waals surface area contributed by atoms with E-state index in [2.05, 4.69) is 27.4 Å². The third-order valence-electron chi connectivity index (χ3n) is 5.86. The first-order valence-electron chi connectivity index (χ1n) is 12.1. The highest BCUT2D eigenvalue weighted by atomic mass is 32.1. The van der Waals surface area contributed by atoms with Gasteiger partial charge in [-0.25, -0.2) is 9.67 Å². The molecule has 0 spiro atoms. The summed E-state index contributed by atoms with van der Waals surface area (Å²) in [5.74, 6) is 7.01. The van der Waals surface area contributed by atoms with Gasteiger partial charge < -0.3 is 16.8 Å². The van der Waals surface area contributed by atoms with Gasteiger partial charge in [-0.2, -0.15) is 5.10 Å². The summed E-state index contributed by atoms with van der Waals surface area (Å²) in [6, 6.07) is 11.4. The van der Waals surface area contributed by atoms with E-state index >= 15 is 0 Å². The summed E-state index contributed by atoms with van der Waals surface area (Å²) in [6.45, 7) is 2.65. The lowest BCUT2D eigenvalue weighted by molar-refractivity contribution is 0.100. The molecule has 0 radical (unpaired) electrons. The van der Waals surface area contributed by atoms with Gasteiger partial charge in [-0.1, -0.05) is 31.0 Å². The van der Waals surface area contributed by atoms with Gasteiger partial charge in [0.1, 0.15) is 27.7 Å². The highest BCUT2D eigenvalue weighted by Gasteiger charge is 2.20. The van der Waals surface area contributed by atoms with Crippen molar-refractivity contribution < 1.29 is 4.79 Å². The van der Waals surface area contributed by atoms with Gasteiger partial charge in [0.05, 0.1) is 16.6 Å². The minimum Gasteiger partial charge on any atom is -0.381 e. The first-order valence-corrected chi connectivity index (χ1v) is 12.9. The van der Waals surface area contributed by atoms with Crippen molar-refractivity contribution in [1.82, 2.24) is 29.1 Å². The standard InChI is InChI=1S/C20H16N4OS.C7H9N5O/c1-3-17-21-19-18(20(25)24(17)16-7-5-4-6-8-16)14(13-26-19)9-10-15-11-12-23(2)22-15;8-5-4(6(9)13)7-10-2-1-3-12(7)11-5/h4-8,11-13H,3H2,1-2H3;1,3,10H,2H2,(H2,8,11)(H2,9,13). The Hall–Kier alpha value is -5.15. The van der Waals surface area contributed by atoms with Crippen LogP contribution in [0.4, 0.5) is 11.6 Å². The van der Waals surface area contributed by atoms with Gasteiger partial charge in [-0.05, 0) is 30.2 Å². The van der Waals surface area contributed by atoms with Crippen LogP contribution in [-0.2, 0) is 13.5 Å². The first-order chi connectivity index (χ1) is 18.9. The Balaban J connectivity index is 0.000000198. The monoisotopic (exact) mass is 539 g/mol. The van der Waals surface area contributed by atoms with Gasteiger partial charge in [0.25, 0.3) is 11.5 Å². The summed E-state index contributed by atoms with van der Waals surface area (Å²) >= 11 is 1.45. The average Bonchev–Trinajstić information content (AvgIpc) is 3.63. The van der Waals surface area contributed by atoms with Crippen LogP contribution in [0.1, 0.15) is 34.4 Å². The molecule has 12 heteroatoms. The number of hydrogen-bond donors (Lipinski definition) is 3. The number of benzene rings is 1. The van der Waals surface area contributed by atoms with Crippen LogP contribution in [0.3, 0.4) is 0 Å². The number of nitrogens with one attached hydrogen (secondary N) is 1. The molecule has 5 N–H and O–H groups in total. The number of thiophene rings is 1. The van der Waals surface area contributed by atoms with Crippen LogP contribution >= 0.6 is 11.3 Å². The molecule has 0 saturated heterocycles. The minimum absolute atomic E-state index is 0.0791. The molecular weight excluding hydrogens is 514 g/mol. The second kappa shape index (κ2) is 10.7. The smallest absolute Gasteiger partial charge is 0.268 e. The largest absolute Gasteiger partial charge is 0.381 e. The molecule has 0 unspecified atom stereocenters. The summed E-state index contributed by atoms with van der Waals surface area (Å²) in [5, 5.41) is 13.6.